The Balaban J connectivity index is 0.000000228. The molecule has 0 radical (unpaired) electrons. The first-order valence-corrected chi connectivity index (χ1v) is 43.1. The molecule has 2 saturated heterocycles. The molecule has 24 nitrogen and oxygen atoms in total. The summed E-state index contributed by atoms with van der Waals surface area (Å²) in [4.78, 5) is 145. The van der Waals surface area contributed by atoms with Crippen molar-refractivity contribution in [3.63, 3.8) is 0 Å². The minimum Gasteiger partial charge on any atom is -0.450 e. The number of carbonyl (C=O) groups excluding carboxylic acids is 10. The second-order valence-corrected chi connectivity index (χ2v) is 40.0. The van der Waals surface area contributed by atoms with Gasteiger partial charge in [0.2, 0.25) is 54.9 Å². The standard InChI is InChI=1S/2C41H53F4N3O9S/c2*1-6-25-16-24(2)10-7-8-12-27-19-40(27,36(52)46-58(54,55)39(5)14-15-39)20-33(49)32-17-28(56-37(53)47-21-26-11-9-13-31(42)30(26)23-47)22-48(32)35(51)29(25)18-34(50)57-38(3,4)41(43,44)45/h2*8-9,11-13,24-25,27-29,32H,6-7,10,14-23H2,1-5H3,(H,46,52)/b2*12-8-/t24?,25-,27-,28-,29+,32+,40-;24-,25-,27-,28-,29+,32+,40-/m11/s1. The molecule has 0 spiro atoms. The topological polar surface area (TPSA) is 313 Å². The highest BCUT2D eigenvalue weighted by molar-refractivity contribution is 7.92. The molecule has 1 unspecified atom stereocenters. The summed E-state index contributed by atoms with van der Waals surface area (Å²) in [7, 11) is -8.13. The van der Waals surface area contributed by atoms with Crippen LogP contribution in [0.2, 0.25) is 0 Å². The van der Waals surface area contributed by atoms with Crippen LogP contribution < -0.4 is 9.44 Å². The normalized spacial score (nSPS) is 30.6. The number of nitrogens with zero attached hydrogens (tertiary/aromatic N) is 4. The molecular weight excluding hydrogens is 1570 g/mol. The van der Waals surface area contributed by atoms with Crippen molar-refractivity contribution in [3.05, 3.63) is 94.6 Å². The van der Waals surface area contributed by atoms with E-state index in [0.29, 0.717) is 127 Å². The van der Waals surface area contributed by atoms with Crippen LogP contribution in [0.25, 0.3) is 0 Å². The first kappa shape index (κ1) is 88.8. The van der Waals surface area contributed by atoms with E-state index in [9.17, 15) is 99.9 Å². The molecule has 2 aromatic rings. The number of fused-ring (bicyclic) bond motifs is 6. The van der Waals surface area contributed by atoms with Gasteiger partial charge in [0.25, 0.3) is 0 Å². The number of sulfonamides is 2. The van der Waals surface area contributed by atoms with E-state index in [1.807, 2.05) is 38.2 Å². The Kier molecular flexibility index (Phi) is 25.5. The van der Waals surface area contributed by atoms with Crippen LogP contribution in [0.1, 0.15) is 220 Å². The molecule has 4 aliphatic carbocycles. The Labute approximate surface area is 671 Å². The number of allylic oxidation sites excluding steroid dienone is 4. The quantitative estimate of drug-likeness (QED) is 0.0682. The summed E-state index contributed by atoms with van der Waals surface area (Å²) in [6.45, 7) is 12.8. The highest BCUT2D eigenvalue weighted by Crippen LogP contribution is 2.60. The number of benzene rings is 2. The second kappa shape index (κ2) is 33.3. The van der Waals surface area contributed by atoms with Crippen LogP contribution in [0.4, 0.5) is 44.7 Å². The first-order chi connectivity index (χ1) is 54.0. The molecule has 14 atom stereocenters. The van der Waals surface area contributed by atoms with E-state index in [0.717, 1.165) is 0 Å². The van der Waals surface area contributed by atoms with Crippen molar-refractivity contribution in [1.29, 1.82) is 0 Å². The number of nitrogens with one attached hydrogen (secondary N) is 2. The number of rotatable bonds is 16. The predicted molar refractivity (Wildman–Crippen MR) is 402 cm³/mol. The number of Topliss-reactive ketones (excluding diaryl/α,β-unsaturated/α-hetero) is 2. The van der Waals surface area contributed by atoms with Crippen LogP contribution in [-0.2, 0) is 104 Å². The van der Waals surface area contributed by atoms with Crippen molar-refractivity contribution in [2.75, 3.05) is 13.1 Å². The van der Waals surface area contributed by atoms with E-state index in [-0.39, 0.29) is 76.8 Å². The lowest BCUT2D eigenvalue weighted by atomic mass is 9.79. The zero-order valence-corrected chi connectivity index (χ0v) is 68.7. The number of esters is 2. The second-order valence-electron chi connectivity index (χ2n) is 35.6. The number of carbonyl (C=O) groups is 10. The lowest BCUT2D eigenvalue weighted by molar-refractivity contribution is -0.257. The van der Waals surface area contributed by atoms with Crippen LogP contribution in [0.5, 0.6) is 0 Å². The van der Waals surface area contributed by atoms with Crippen LogP contribution >= 0.6 is 0 Å². The third-order valence-corrected chi connectivity index (χ3v) is 30.4. The molecule has 116 heavy (non-hydrogen) atoms. The van der Waals surface area contributed by atoms with Gasteiger partial charge in [-0.15, -0.1) is 0 Å². The van der Waals surface area contributed by atoms with Crippen molar-refractivity contribution in [1.82, 2.24) is 29.0 Å². The molecule has 640 valence electrons. The third-order valence-electron chi connectivity index (χ3n) is 26.0. The molecule has 2 N–H and O–H groups in total. The van der Waals surface area contributed by atoms with Gasteiger partial charge in [0.1, 0.15) is 23.8 Å². The molecule has 6 amide bonds. The maximum Gasteiger partial charge on any atom is 0.427 e. The SMILES string of the molecule is CC[C@@H]1CC(C)CC/C=C\[C@@H]2C[C@@]2(C(=O)NS(=O)(=O)C2(C)CC2)CC(=O)[C@@H]2C[C@@H](OC(=O)N3Cc4cccc(F)c4C3)CN2C(=O)[C@H]1CC(=O)OC(C)(C)C(F)(F)F.CC[C@@H]1C[C@H](C)CC/C=C\[C@@H]2C[C@@]2(C(=O)NS(=O)(=O)C2(C)CC2)CC(=O)[C@@H]2C[C@@H](OC(=O)N3Cc4cccc(F)c4C3)CN2C(=O)[C@H]1CC(=O)OC(C)(C)C(F)(F)F. The molecule has 0 bridgehead atoms. The number of ketones is 2. The van der Waals surface area contributed by atoms with Crippen molar-refractivity contribution in [3.8, 4) is 0 Å². The van der Waals surface area contributed by atoms with E-state index < -0.39 is 220 Å². The summed E-state index contributed by atoms with van der Waals surface area (Å²) in [5, 5.41) is 0. The van der Waals surface area contributed by atoms with Crippen LogP contribution in [0, 0.1) is 69.8 Å². The molecule has 4 saturated carbocycles. The van der Waals surface area contributed by atoms with Crippen LogP contribution in [-0.4, -0.2) is 166 Å². The van der Waals surface area contributed by atoms with E-state index in [1.54, 1.807) is 26.0 Å². The van der Waals surface area contributed by atoms with Gasteiger partial charge in [-0.25, -0.2) is 35.2 Å². The summed E-state index contributed by atoms with van der Waals surface area (Å²) < 4.78 is 188. The van der Waals surface area contributed by atoms with Gasteiger partial charge in [0.05, 0.1) is 83.3 Å². The van der Waals surface area contributed by atoms with Crippen molar-refractivity contribution >= 4 is 79.4 Å². The van der Waals surface area contributed by atoms with Crippen molar-refractivity contribution < 1.29 is 119 Å². The number of alkyl halides is 6. The molecule has 0 aromatic heterocycles. The van der Waals surface area contributed by atoms with Gasteiger partial charge in [-0.05, 0) is 177 Å². The Hall–Kier alpha value is -8.04. The third kappa shape index (κ3) is 19.0. The fourth-order valence-corrected chi connectivity index (χ4v) is 19.9. The largest absolute Gasteiger partial charge is 0.450 e. The maximum atomic E-state index is 14.8. The number of ether oxygens (including phenoxy) is 4. The molecule has 6 fully saturated rings. The van der Waals surface area contributed by atoms with Crippen LogP contribution in [0.3, 0.4) is 0 Å². The minimum absolute atomic E-state index is 0.0199. The minimum atomic E-state index is -4.90. The molecule has 10 aliphatic rings. The van der Waals surface area contributed by atoms with Crippen molar-refractivity contribution in [2.24, 2.45) is 58.2 Å². The van der Waals surface area contributed by atoms with E-state index in [4.69, 9.17) is 18.9 Å². The lowest BCUT2D eigenvalue weighted by Gasteiger charge is -2.34. The Bertz CT molecular complexity index is 4210. The Morgan fingerprint density at radius 2 is 0.888 bits per heavy atom. The summed E-state index contributed by atoms with van der Waals surface area (Å²) in [6, 6.07) is 6.39. The van der Waals surface area contributed by atoms with Gasteiger partial charge in [0.15, 0.2) is 11.6 Å². The zero-order chi connectivity index (χ0) is 85.2. The molecule has 2 aromatic carbocycles. The highest BCUT2D eigenvalue weighted by Gasteiger charge is 2.65. The van der Waals surface area contributed by atoms with Gasteiger partial charge in [-0.2, -0.15) is 26.3 Å². The van der Waals surface area contributed by atoms with E-state index >= 15 is 0 Å². The molecule has 6 heterocycles. The molecular formula is C82H106F8N6O18S2. The summed E-state index contributed by atoms with van der Waals surface area (Å²) in [6.07, 6.45) is -3.08. The lowest BCUT2D eigenvalue weighted by Crippen LogP contribution is -2.49. The predicted octanol–water partition coefficient (Wildman–Crippen LogP) is 13.0. The van der Waals surface area contributed by atoms with E-state index in [1.165, 1.54) is 57.7 Å². The van der Waals surface area contributed by atoms with Gasteiger partial charge < -0.3 is 28.7 Å². The van der Waals surface area contributed by atoms with Gasteiger partial charge in [-0.1, -0.05) is 89.1 Å². The number of hydrogen-bond acceptors (Lipinski definition) is 18. The molecule has 6 aliphatic heterocycles. The van der Waals surface area contributed by atoms with Gasteiger partial charge in [0, 0.05) is 49.9 Å². The van der Waals surface area contributed by atoms with E-state index in [2.05, 4.69) is 9.44 Å². The zero-order valence-electron chi connectivity index (χ0n) is 67.1. The van der Waals surface area contributed by atoms with Gasteiger partial charge in [-0.3, -0.25) is 57.6 Å². The van der Waals surface area contributed by atoms with Gasteiger partial charge >= 0.3 is 36.5 Å². The summed E-state index contributed by atoms with van der Waals surface area (Å²) in [5.74, 6) is -12.2. The maximum absolute atomic E-state index is 14.8. The van der Waals surface area contributed by atoms with Crippen molar-refractivity contribution in [2.45, 2.75) is 281 Å². The Morgan fingerprint density at radius 1 is 0.534 bits per heavy atom. The monoisotopic (exact) mass is 1680 g/mol. The Morgan fingerprint density at radius 3 is 1.21 bits per heavy atom. The number of amides is 6. The fraction of sp³-hybridized carbons (Fsp3) is 0.683. The summed E-state index contributed by atoms with van der Waals surface area (Å²) >= 11 is 0. The fourth-order valence-electron chi connectivity index (χ4n) is 17.3. The molecule has 34 heteroatoms. The number of hydrogen-bond donors (Lipinski definition) is 2. The average molecular weight is 1680 g/mol. The highest BCUT2D eigenvalue weighted by atomic mass is 32.2. The average Bonchev–Trinajstić information content (AvgIpc) is 1.57. The smallest absolute Gasteiger partial charge is 0.427 e. The number of halogens is 8. The van der Waals surface area contributed by atoms with Crippen LogP contribution in [0.15, 0.2) is 60.7 Å². The molecule has 12 rings (SSSR count). The first-order valence-electron chi connectivity index (χ1n) is 40.2. The summed E-state index contributed by atoms with van der Waals surface area (Å²) in [5.41, 5.74) is -6.72.